The minimum atomic E-state index is -3.62. The monoisotopic (exact) mass is 488 g/mol. The van der Waals surface area contributed by atoms with Crippen LogP contribution >= 0.6 is 11.8 Å². The summed E-state index contributed by atoms with van der Waals surface area (Å²) in [5.41, 5.74) is 3.39. The van der Waals surface area contributed by atoms with Gasteiger partial charge in [0.2, 0.25) is 21.1 Å². The normalized spacial score (nSPS) is 11.7. The van der Waals surface area contributed by atoms with E-state index in [0.717, 1.165) is 28.6 Å². The molecule has 11 heteroatoms. The van der Waals surface area contributed by atoms with Gasteiger partial charge in [-0.3, -0.25) is 4.79 Å². The number of anilines is 1. The van der Waals surface area contributed by atoms with E-state index < -0.39 is 10.0 Å². The van der Waals surface area contributed by atoms with Gasteiger partial charge in [0.1, 0.15) is 0 Å². The van der Waals surface area contributed by atoms with Gasteiger partial charge in [-0.15, -0.1) is 10.2 Å². The van der Waals surface area contributed by atoms with Gasteiger partial charge in [-0.25, -0.2) is 13.1 Å². The first kappa shape index (κ1) is 24.7. The van der Waals surface area contributed by atoms with Gasteiger partial charge in [-0.1, -0.05) is 49.9 Å². The smallest absolute Gasteiger partial charge is 0.243 e. The van der Waals surface area contributed by atoms with Gasteiger partial charge in [-0.05, 0) is 43.2 Å². The number of rotatable bonds is 9. The summed E-state index contributed by atoms with van der Waals surface area (Å²) in [7, 11) is -3.62. The number of nitrogens with one attached hydrogen (secondary N) is 1. The topological polar surface area (TPSA) is 123 Å². The number of nitrogens with zero attached hydrogens (tertiary/aromatic N) is 4. The van der Waals surface area contributed by atoms with Crippen LogP contribution < -0.4 is 11.2 Å². The molecule has 0 bridgehead atoms. The van der Waals surface area contributed by atoms with Crippen molar-refractivity contribution in [2.45, 2.75) is 37.7 Å². The van der Waals surface area contributed by atoms with Crippen molar-refractivity contribution in [3.8, 4) is 11.4 Å². The largest absolute Gasteiger partial charge is 0.335 e. The summed E-state index contributed by atoms with van der Waals surface area (Å²) in [5, 5.41) is 11.4. The number of nitrogens with two attached hydrogens (primary N) is 1. The lowest BCUT2D eigenvalue weighted by Crippen LogP contribution is -2.30. The lowest BCUT2D eigenvalue weighted by molar-refractivity contribution is -0.113. The number of thioether (sulfide) groups is 1. The average molecular weight is 489 g/mol. The van der Waals surface area contributed by atoms with Gasteiger partial charge in [0.15, 0.2) is 5.82 Å². The minimum Gasteiger partial charge on any atom is -0.335 e. The number of sulfonamides is 1. The molecule has 3 rings (SSSR count). The predicted octanol–water partition coefficient (Wildman–Crippen LogP) is 3.04. The van der Waals surface area contributed by atoms with Crippen LogP contribution in [0.4, 0.5) is 5.69 Å². The Kier molecular flexibility index (Phi) is 7.77. The Morgan fingerprint density at radius 3 is 2.52 bits per heavy atom. The molecule has 1 heterocycles. The van der Waals surface area contributed by atoms with Crippen LogP contribution in [0.2, 0.25) is 0 Å². The number of aromatic nitrogens is 3. The lowest BCUT2D eigenvalue weighted by atomic mass is 10.1. The molecule has 0 aliphatic heterocycles. The zero-order chi connectivity index (χ0) is 24.2. The summed E-state index contributed by atoms with van der Waals surface area (Å²) in [5.74, 6) is 6.38. The Morgan fingerprint density at radius 1 is 1.12 bits per heavy atom. The Morgan fingerprint density at radius 2 is 1.82 bits per heavy atom. The van der Waals surface area contributed by atoms with Crippen LogP contribution in [-0.4, -0.2) is 52.3 Å². The number of carbonyl (C=O) groups excluding carboxylic acids is 1. The highest BCUT2D eigenvalue weighted by molar-refractivity contribution is 7.99. The van der Waals surface area contributed by atoms with Gasteiger partial charge in [0, 0.05) is 24.3 Å². The molecule has 176 valence electrons. The van der Waals surface area contributed by atoms with E-state index in [-0.39, 0.29) is 16.6 Å². The first-order valence-corrected chi connectivity index (χ1v) is 12.9. The number of hydrogen-bond acceptors (Lipinski definition) is 7. The Hall–Kier alpha value is -2.89. The fraction of sp³-hybridized carbons (Fsp3) is 0.318. The summed E-state index contributed by atoms with van der Waals surface area (Å²) in [4.78, 5) is 12.6. The molecule has 0 spiro atoms. The summed E-state index contributed by atoms with van der Waals surface area (Å²) < 4.78 is 28.3. The van der Waals surface area contributed by atoms with E-state index in [9.17, 15) is 13.2 Å². The van der Waals surface area contributed by atoms with Crippen LogP contribution in [0.5, 0.6) is 0 Å². The van der Waals surface area contributed by atoms with Crippen molar-refractivity contribution >= 4 is 33.4 Å². The van der Waals surface area contributed by atoms with Crippen LogP contribution in [0.25, 0.3) is 11.4 Å². The maximum atomic E-state index is 12.8. The molecule has 0 saturated carbocycles. The molecule has 0 aliphatic rings. The van der Waals surface area contributed by atoms with Crippen LogP contribution in [0.3, 0.4) is 0 Å². The molecule has 0 radical (unpaired) electrons. The molecule has 0 fully saturated rings. The van der Waals surface area contributed by atoms with Crippen molar-refractivity contribution in [2.75, 3.05) is 30.0 Å². The number of carbonyl (C=O) groups is 1. The third kappa shape index (κ3) is 5.37. The molecule has 3 aromatic rings. The molecule has 9 nitrogen and oxygen atoms in total. The van der Waals surface area contributed by atoms with Crippen molar-refractivity contribution in [3.63, 3.8) is 0 Å². The van der Waals surface area contributed by atoms with E-state index in [0.29, 0.717) is 29.6 Å². The average Bonchev–Trinajstić information content (AvgIpc) is 3.16. The van der Waals surface area contributed by atoms with E-state index in [1.54, 1.807) is 32.0 Å². The van der Waals surface area contributed by atoms with Crippen LogP contribution in [0.15, 0.2) is 52.5 Å². The second-order valence-electron chi connectivity index (χ2n) is 7.38. The quantitative estimate of drug-likeness (QED) is 0.350. The molecule has 0 atom stereocenters. The molecule has 2 aromatic carbocycles. The van der Waals surface area contributed by atoms with Crippen molar-refractivity contribution in [1.29, 1.82) is 0 Å². The maximum absolute atomic E-state index is 12.8. The Bertz CT molecular complexity index is 1250. The van der Waals surface area contributed by atoms with E-state index in [1.807, 2.05) is 32.0 Å². The van der Waals surface area contributed by atoms with Crippen LogP contribution in [0, 0.1) is 13.8 Å². The van der Waals surface area contributed by atoms with Crippen molar-refractivity contribution in [2.24, 2.45) is 0 Å². The van der Waals surface area contributed by atoms with Crippen LogP contribution in [0.1, 0.15) is 25.0 Å². The van der Waals surface area contributed by atoms with Gasteiger partial charge in [0.25, 0.3) is 0 Å². The SMILES string of the molecule is CCN(CC)S(=O)(=O)c1cccc(-c2nnc(SCC(=O)Nc3cccc(C)c3C)n2N)c1. The number of benzene rings is 2. The molecular formula is C22H28N6O3S2. The summed E-state index contributed by atoms with van der Waals surface area (Å²) >= 11 is 1.15. The summed E-state index contributed by atoms with van der Waals surface area (Å²) in [6.07, 6.45) is 0. The maximum Gasteiger partial charge on any atom is 0.243 e. The number of aryl methyl sites for hydroxylation is 1. The van der Waals surface area contributed by atoms with Crippen LogP contribution in [-0.2, 0) is 14.8 Å². The van der Waals surface area contributed by atoms with Gasteiger partial charge in [-0.2, -0.15) is 4.31 Å². The highest BCUT2D eigenvalue weighted by atomic mass is 32.2. The van der Waals surface area contributed by atoms with E-state index in [2.05, 4.69) is 15.5 Å². The molecule has 0 unspecified atom stereocenters. The number of amides is 1. The summed E-state index contributed by atoms with van der Waals surface area (Å²) in [6.45, 7) is 8.28. The highest BCUT2D eigenvalue weighted by Crippen LogP contribution is 2.25. The van der Waals surface area contributed by atoms with E-state index >= 15 is 0 Å². The van der Waals surface area contributed by atoms with Crippen molar-refractivity contribution < 1.29 is 13.2 Å². The molecular weight excluding hydrogens is 460 g/mol. The van der Waals surface area contributed by atoms with Gasteiger partial charge < -0.3 is 11.2 Å². The Balaban J connectivity index is 1.75. The first-order chi connectivity index (χ1) is 15.7. The highest BCUT2D eigenvalue weighted by Gasteiger charge is 2.23. The minimum absolute atomic E-state index is 0.0963. The Labute approximate surface area is 198 Å². The molecule has 0 saturated heterocycles. The molecule has 1 amide bonds. The van der Waals surface area contributed by atoms with E-state index in [1.165, 1.54) is 15.0 Å². The van der Waals surface area contributed by atoms with Gasteiger partial charge in [0.05, 0.1) is 10.6 Å². The second kappa shape index (κ2) is 10.4. The summed E-state index contributed by atoms with van der Waals surface area (Å²) in [6, 6.07) is 12.2. The molecule has 3 N–H and O–H groups in total. The third-order valence-corrected chi connectivity index (χ3v) is 8.30. The van der Waals surface area contributed by atoms with Crippen molar-refractivity contribution in [1.82, 2.24) is 19.2 Å². The first-order valence-electron chi connectivity index (χ1n) is 10.5. The number of nitrogen functional groups attached to an aromatic ring is 1. The molecule has 33 heavy (non-hydrogen) atoms. The zero-order valence-electron chi connectivity index (χ0n) is 19.1. The zero-order valence-corrected chi connectivity index (χ0v) is 20.7. The fourth-order valence-corrected chi connectivity index (χ4v) is 5.44. The second-order valence-corrected chi connectivity index (χ2v) is 10.3. The predicted molar refractivity (Wildman–Crippen MR) is 131 cm³/mol. The lowest BCUT2D eigenvalue weighted by Gasteiger charge is -2.18. The standard InChI is InChI=1S/C22H28N6O3S2/c1-5-27(6-2)33(30,31)18-11-8-10-17(13-18)21-25-26-22(28(21)23)32-14-20(29)24-19-12-7-9-15(3)16(19)4/h7-13H,5-6,14,23H2,1-4H3,(H,24,29). The number of hydrogen-bond donors (Lipinski definition) is 2. The van der Waals surface area contributed by atoms with Crippen molar-refractivity contribution in [3.05, 3.63) is 53.6 Å². The third-order valence-electron chi connectivity index (χ3n) is 5.31. The van der Waals surface area contributed by atoms with Gasteiger partial charge >= 0.3 is 0 Å². The van der Waals surface area contributed by atoms with E-state index in [4.69, 9.17) is 5.84 Å². The fourth-order valence-electron chi connectivity index (χ4n) is 3.28. The molecule has 0 aliphatic carbocycles. The molecule has 1 aromatic heterocycles.